The van der Waals surface area contributed by atoms with Crippen molar-refractivity contribution in [2.24, 2.45) is 0 Å². The highest BCUT2D eigenvalue weighted by Gasteiger charge is 2.06. The Kier molecular flexibility index (Phi) is 6.10. The van der Waals surface area contributed by atoms with Crippen molar-refractivity contribution in [2.45, 2.75) is 12.3 Å². The van der Waals surface area contributed by atoms with Gasteiger partial charge in [0.15, 0.2) is 11.6 Å². The van der Waals surface area contributed by atoms with Gasteiger partial charge in [-0.15, -0.1) is 11.6 Å². The van der Waals surface area contributed by atoms with Gasteiger partial charge in [0.25, 0.3) is 0 Å². The van der Waals surface area contributed by atoms with E-state index < -0.39 is 17.0 Å². The Bertz CT molecular complexity index is 509. The molecule has 19 heavy (non-hydrogen) atoms. The average molecular weight is 288 g/mol. The molecular weight excluding hydrogens is 276 g/mol. The van der Waals surface area contributed by atoms with E-state index in [1.807, 2.05) is 0 Å². The van der Waals surface area contributed by atoms with Crippen LogP contribution in [0.4, 0.5) is 8.78 Å². The van der Waals surface area contributed by atoms with Gasteiger partial charge >= 0.3 is 0 Å². The van der Waals surface area contributed by atoms with Crippen molar-refractivity contribution >= 4 is 17.5 Å². The normalized spacial score (nSPS) is 11.2. The molecule has 1 rings (SSSR count). The first-order chi connectivity index (χ1) is 9.00. The molecule has 0 aliphatic heterocycles. The largest absolute Gasteiger partial charge is 0.478 e. The maximum absolute atomic E-state index is 13.1. The Balaban J connectivity index is 2.33. The topological polar surface area (TPSA) is 38.3 Å². The van der Waals surface area contributed by atoms with Crippen molar-refractivity contribution in [2.75, 3.05) is 13.2 Å². The van der Waals surface area contributed by atoms with Crippen LogP contribution in [0.25, 0.3) is 0 Å². The third-order valence-corrected chi connectivity index (χ3v) is 2.23. The van der Waals surface area contributed by atoms with Crippen molar-refractivity contribution in [3.8, 4) is 17.6 Å². The molecule has 102 valence electrons. The molecule has 1 aromatic carbocycles. The standard InChI is InChI=1S/C13H12ClF2NO2/c1-9(14)13(18)17-6-2-3-7-19-12-5-4-10(15)8-11(12)16/h4-5,8-9H,6-7H2,1H3,(H,17,18). The van der Waals surface area contributed by atoms with Crippen LogP contribution in [0.5, 0.6) is 5.75 Å². The van der Waals surface area contributed by atoms with Gasteiger partial charge in [-0.05, 0) is 19.1 Å². The second-order valence-corrected chi connectivity index (χ2v) is 4.21. The van der Waals surface area contributed by atoms with E-state index in [0.29, 0.717) is 0 Å². The number of amides is 1. The Morgan fingerprint density at radius 1 is 1.47 bits per heavy atom. The van der Waals surface area contributed by atoms with E-state index >= 15 is 0 Å². The van der Waals surface area contributed by atoms with Crippen LogP contribution in [0.15, 0.2) is 18.2 Å². The van der Waals surface area contributed by atoms with Gasteiger partial charge in [0.2, 0.25) is 5.91 Å². The van der Waals surface area contributed by atoms with Gasteiger partial charge in [-0.1, -0.05) is 11.8 Å². The zero-order chi connectivity index (χ0) is 14.3. The lowest BCUT2D eigenvalue weighted by molar-refractivity contribution is -0.120. The maximum Gasteiger partial charge on any atom is 0.238 e. The number of nitrogens with one attached hydrogen (secondary N) is 1. The monoisotopic (exact) mass is 287 g/mol. The molecule has 0 spiro atoms. The molecule has 0 aliphatic carbocycles. The highest BCUT2D eigenvalue weighted by molar-refractivity contribution is 6.30. The fourth-order valence-corrected chi connectivity index (χ4v) is 1.17. The van der Waals surface area contributed by atoms with E-state index in [1.165, 1.54) is 6.07 Å². The first kappa shape index (κ1) is 15.3. The summed E-state index contributed by atoms with van der Waals surface area (Å²) in [5.74, 6) is 3.34. The van der Waals surface area contributed by atoms with Gasteiger partial charge in [-0.25, -0.2) is 8.78 Å². The fraction of sp³-hybridized carbons (Fsp3) is 0.308. The minimum Gasteiger partial charge on any atom is -0.478 e. The summed E-state index contributed by atoms with van der Waals surface area (Å²) < 4.78 is 30.7. The van der Waals surface area contributed by atoms with E-state index in [-0.39, 0.29) is 24.8 Å². The van der Waals surface area contributed by atoms with Crippen molar-refractivity contribution in [1.82, 2.24) is 5.32 Å². The van der Waals surface area contributed by atoms with Gasteiger partial charge in [-0.3, -0.25) is 4.79 Å². The zero-order valence-corrected chi connectivity index (χ0v) is 10.9. The van der Waals surface area contributed by atoms with E-state index in [9.17, 15) is 13.6 Å². The number of ether oxygens (including phenoxy) is 1. The Morgan fingerprint density at radius 3 is 2.84 bits per heavy atom. The third-order valence-electron chi connectivity index (χ3n) is 2.03. The molecule has 1 atom stereocenters. The predicted octanol–water partition coefficient (Wildman–Crippen LogP) is 2.09. The number of halogens is 3. The third kappa shape index (κ3) is 5.58. The number of carbonyl (C=O) groups excluding carboxylic acids is 1. The predicted molar refractivity (Wildman–Crippen MR) is 68.0 cm³/mol. The summed E-state index contributed by atoms with van der Waals surface area (Å²) in [5, 5.41) is 1.86. The van der Waals surface area contributed by atoms with Gasteiger partial charge in [0, 0.05) is 6.07 Å². The molecule has 0 saturated carbocycles. The molecule has 3 nitrogen and oxygen atoms in total. The van der Waals surface area contributed by atoms with Crippen LogP contribution in [-0.2, 0) is 4.79 Å². The van der Waals surface area contributed by atoms with Gasteiger partial charge in [-0.2, -0.15) is 0 Å². The van der Waals surface area contributed by atoms with E-state index in [2.05, 4.69) is 17.2 Å². The lowest BCUT2D eigenvalue weighted by Gasteiger charge is -2.03. The van der Waals surface area contributed by atoms with Crippen LogP contribution in [0.1, 0.15) is 6.92 Å². The summed E-state index contributed by atoms with van der Waals surface area (Å²) in [6.07, 6.45) is 0. The summed E-state index contributed by atoms with van der Waals surface area (Å²) in [4.78, 5) is 11.0. The van der Waals surface area contributed by atoms with Gasteiger partial charge in [0.05, 0.1) is 6.54 Å². The van der Waals surface area contributed by atoms with Crippen molar-refractivity contribution in [1.29, 1.82) is 0 Å². The van der Waals surface area contributed by atoms with Crippen molar-refractivity contribution in [3.63, 3.8) is 0 Å². The molecule has 1 amide bonds. The lowest BCUT2D eigenvalue weighted by Crippen LogP contribution is -2.29. The molecule has 1 unspecified atom stereocenters. The highest BCUT2D eigenvalue weighted by atomic mass is 35.5. The molecule has 0 aromatic heterocycles. The minimum atomic E-state index is -0.786. The SMILES string of the molecule is CC(Cl)C(=O)NCC#CCOc1ccc(F)cc1F. The van der Waals surface area contributed by atoms with Crippen LogP contribution in [0.2, 0.25) is 0 Å². The number of carbonyl (C=O) groups is 1. The molecule has 0 radical (unpaired) electrons. The summed E-state index contributed by atoms with van der Waals surface area (Å²) in [6, 6.07) is 3.00. The van der Waals surface area contributed by atoms with Gasteiger partial charge in [0.1, 0.15) is 17.8 Å². The second kappa shape index (κ2) is 7.59. The lowest BCUT2D eigenvalue weighted by atomic mass is 10.3. The van der Waals surface area contributed by atoms with E-state index in [0.717, 1.165) is 12.1 Å². The number of hydrogen-bond acceptors (Lipinski definition) is 2. The smallest absolute Gasteiger partial charge is 0.238 e. The molecule has 0 saturated heterocycles. The summed E-state index contributed by atoms with van der Waals surface area (Å²) in [5.41, 5.74) is 0. The number of hydrogen-bond donors (Lipinski definition) is 1. The second-order valence-electron chi connectivity index (χ2n) is 3.55. The van der Waals surface area contributed by atoms with Crippen LogP contribution in [0, 0.1) is 23.5 Å². The highest BCUT2D eigenvalue weighted by Crippen LogP contribution is 2.16. The van der Waals surface area contributed by atoms with Crippen LogP contribution in [0.3, 0.4) is 0 Å². The molecule has 0 heterocycles. The summed E-state index contributed by atoms with van der Waals surface area (Å²) in [6.45, 7) is 1.62. The molecule has 1 N–H and O–H groups in total. The first-order valence-electron chi connectivity index (χ1n) is 5.46. The molecule has 1 aromatic rings. The van der Waals surface area contributed by atoms with Crippen LogP contribution >= 0.6 is 11.6 Å². The Labute approximate surface area is 114 Å². The van der Waals surface area contributed by atoms with E-state index in [1.54, 1.807) is 6.92 Å². The fourth-order valence-electron chi connectivity index (χ4n) is 1.09. The first-order valence-corrected chi connectivity index (χ1v) is 5.89. The molecule has 0 fully saturated rings. The van der Waals surface area contributed by atoms with Crippen molar-refractivity contribution in [3.05, 3.63) is 29.8 Å². The van der Waals surface area contributed by atoms with Crippen LogP contribution in [-0.4, -0.2) is 24.4 Å². The van der Waals surface area contributed by atoms with Crippen LogP contribution < -0.4 is 10.1 Å². The number of rotatable bonds is 4. The Morgan fingerprint density at radius 2 is 2.21 bits per heavy atom. The summed E-state index contributed by atoms with van der Waals surface area (Å²) >= 11 is 5.52. The van der Waals surface area contributed by atoms with Gasteiger partial charge < -0.3 is 10.1 Å². The Hall–Kier alpha value is -1.80. The zero-order valence-electron chi connectivity index (χ0n) is 10.2. The molecular formula is C13H12ClF2NO2. The maximum atomic E-state index is 13.1. The minimum absolute atomic E-state index is 0.0607. The van der Waals surface area contributed by atoms with E-state index in [4.69, 9.17) is 16.3 Å². The number of benzene rings is 1. The number of alkyl halides is 1. The van der Waals surface area contributed by atoms with Crippen molar-refractivity contribution < 1.29 is 18.3 Å². The quantitative estimate of drug-likeness (QED) is 0.680. The molecule has 6 heteroatoms. The molecule has 0 aliphatic rings. The average Bonchev–Trinajstić information content (AvgIpc) is 2.35. The summed E-state index contributed by atoms with van der Waals surface area (Å²) in [7, 11) is 0. The molecule has 0 bridgehead atoms.